The lowest BCUT2D eigenvalue weighted by Gasteiger charge is -2.10. The number of rotatable bonds is 7. The van der Waals surface area contributed by atoms with Gasteiger partial charge in [0.2, 0.25) is 11.7 Å². The van der Waals surface area contributed by atoms with Crippen molar-refractivity contribution in [2.75, 3.05) is 19.0 Å². The molecule has 0 aliphatic heterocycles. The van der Waals surface area contributed by atoms with Crippen molar-refractivity contribution < 1.29 is 14.0 Å². The van der Waals surface area contributed by atoms with Gasteiger partial charge in [-0.15, -0.1) is 0 Å². The highest BCUT2D eigenvalue weighted by Gasteiger charge is 2.10. The zero-order valence-corrected chi connectivity index (χ0v) is 16.9. The summed E-state index contributed by atoms with van der Waals surface area (Å²) in [5.74, 6) is 2.31. The number of ether oxygens (including phenoxy) is 2. The normalized spacial score (nSPS) is 10.4. The highest BCUT2D eigenvalue weighted by atomic mass is 35.5. The summed E-state index contributed by atoms with van der Waals surface area (Å²) >= 11 is 11.4. The van der Waals surface area contributed by atoms with Crippen molar-refractivity contribution in [3.63, 3.8) is 0 Å². The summed E-state index contributed by atoms with van der Waals surface area (Å²) < 4.78 is 15.8. The second kappa shape index (κ2) is 9.38. The van der Waals surface area contributed by atoms with Crippen molar-refractivity contribution >= 4 is 34.6 Å². The monoisotopic (exact) mass is 418 g/mol. The number of benzene rings is 2. The first-order chi connectivity index (χ1) is 13.6. The Hall–Kier alpha value is -2.84. The lowest BCUT2D eigenvalue weighted by Crippen LogP contribution is -2.28. The van der Waals surface area contributed by atoms with Gasteiger partial charge in [0.1, 0.15) is 11.5 Å². The van der Waals surface area contributed by atoms with Crippen LogP contribution in [0, 0.1) is 0 Å². The van der Waals surface area contributed by atoms with E-state index in [1.165, 1.54) is 0 Å². The van der Waals surface area contributed by atoms with Crippen LogP contribution in [0.1, 0.15) is 12.8 Å². The van der Waals surface area contributed by atoms with Crippen LogP contribution < -0.4 is 20.1 Å². The van der Waals surface area contributed by atoms with Gasteiger partial charge in [0.05, 0.1) is 25.3 Å². The van der Waals surface area contributed by atoms with Gasteiger partial charge in [-0.2, -0.15) is 4.98 Å². The van der Waals surface area contributed by atoms with E-state index in [-0.39, 0.29) is 0 Å². The Labute approximate surface area is 173 Å². The molecule has 0 atom stereocenters. The van der Waals surface area contributed by atoms with Crippen molar-refractivity contribution in [3.05, 3.63) is 53.4 Å². The number of anilines is 1. The summed E-state index contributed by atoms with van der Waals surface area (Å²) in [6, 6.07) is 12.8. The van der Waals surface area contributed by atoms with Crippen LogP contribution in [-0.2, 0) is 6.54 Å². The number of nitrogens with one attached hydrogen (secondary N) is 2. The van der Waals surface area contributed by atoms with Crippen molar-refractivity contribution in [3.8, 4) is 22.9 Å². The second-order valence-corrected chi connectivity index (χ2v) is 6.44. The summed E-state index contributed by atoms with van der Waals surface area (Å²) in [7, 11) is 1.56. The number of thiocarbonyl (C=S) groups is 1. The summed E-state index contributed by atoms with van der Waals surface area (Å²) in [6.07, 6.45) is 0. The van der Waals surface area contributed by atoms with Crippen molar-refractivity contribution in [2.24, 2.45) is 0 Å². The SMILES string of the molecule is CCOc1ccc(-c2noc(CNC(=S)Nc3ccc(OC)c(Cl)c3)n2)cc1. The molecule has 2 N–H and O–H groups in total. The van der Waals surface area contributed by atoms with Crippen molar-refractivity contribution in [1.82, 2.24) is 15.5 Å². The van der Waals surface area contributed by atoms with Crippen LogP contribution in [0.4, 0.5) is 5.69 Å². The van der Waals surface area contributed by atoms with E-state index in [0.29, 0.717) is 40.8 Å². The van der Waals surface area contributed by atoms with Gasteiger partial charge in [-0.05, 0) is 61.6 Å². The number of hydrogen-bond donors (Lipinski definition) is 2. The molecule has 9 heteroatoms. The average molecular weight is 419 g/mol. The molecular weight excluding hydrogens is 400 g/mol. The highest BCUT2D eigenvalue weighted by molar-refractivity contribution is 7.80. The van der Waals surface area contributed by atoms with Crippen LogP contribution in [-0.4, -0.2) is 29.0 Å². The molecule has 0 fully saturated rings. The Morgan fingerprint density at radius 2 is 2.00 bits per heavy atom. The Bertz CT molecular complexity index is 947. The number of halogens is 1. The second-order valence-electron chi connectivity index (χ2n) is 5.63. The minimum Gasteiger partial charge on any atom is -0.495 e. The summed E-state index contributed by atoms with van der Waals surface area (Å²) in [5.41, 5.74) is 1.58. The van der Waals surface area contributed by atoms with Crippen LogP contribution in [0.25, 0.3) is 11.4 Å². The predicted octanol–water partition coefficient (Wildman–Crippen LogP) is 4.28. The fraction of sp³-hybridized carbons (Fsp3) is 0.211. The number of methoxy groups -OCH3 is 1. The van der Waals surface area contributed by atoms with Crippen LogP contribution >= 0.6 is 23.8 Å². The number of hydrogen-bond acceptors (Lipinski definition) is 6. The topological polar surface area (TPSA) is 81.4 Å². The lowest BCUT2D eigenvalue weighted by atomic mass is 10.2. The number of aromatic nitrogens is 2. The average Bonchev–Trinajstić information content (AvgIpc) is 3.16. The molecule has 146 valence electrons. The van der Waals surface area contributed by atoms with Gasteiger partial charge < -0.3 is 24.6 Å². The fourth-order valence-corrected chi connectivity index (χ4v) is 2.83. The Morgan fingerprint density at radius 3 is 2.68 bits per heavy atom. The van der Waals surface area contributed by atoms with Gasteiger partial charge in [0, 0.05) is 11.3 Å². The molecule has 3 aromatic rings. The minimum absolute atomic E-state index is 0.291. The standard InChI is InChI=1S/C19H19ClN4O3S/c1-3-26-14-7-4-12(5-8-14)18-23-17(27-24-18)11-21-19(28)22-13-6-9-16(25-2)15(20)10-13/h4-10H,3,11H2,1-2H3,(H2,21,22,28). The van der Waals surface area contributed by atoms with Crippen LogP contribution in [0.5, 0.6) is 11.5 Å². The third kappa shape index (κ3) is 5.11. The smallest absolute Gasteiger partial charge is 0.246 e. The van der Waals surface area contributed by atoms with Crippen LogP contribution in [0.3, 0.4) is 0 Å². The molecule has 0 aliphatic carbocycles. The Kier molecular flexibility index (Phi) is 6.67. The number of nitrogens with zero attached hydrogens (tertiary/aromatic N) is 2. The maximum absolute atomic E-state index is 6.10. The zero-order valence-electron chi connectivity index (χ0n) is 15.4. The molecule has 0 saturated carbocycles. The lowest BCUT2D eigenvalue weighted by molar-refractivity contribution is 0.340. The molecule has 3 rings (SSSR count). The molecule has 0 spiro atoms. The van der Waals surface area contributed by atoms with E-state index in [0.717, 1.165) is 17.0 Å². The quantitative estimate of drug-likeness (QED) is 0.550. The van der Waals surface area contributed by atoms with E-state index in [1.54, 1.807) is 19.2 Å². The molecule has 1 heterocycles. The molecule has 0 radical (unpaired) electrons. The summed E-state index contributed by atoms with van der Waals surface area (Å²) in [5, 5.41) is 10.9. The molecule has 0 aliphatic rings. The third-order valence-electron chi connectivity index (χ3n) is 3.70. The molecule has 2 aromatic carbocycles. The molecule has 0 unspecified atom stereocenters. The third-order valence-corrected chi connectivity index (χ3v) is 4.24. The minimum atomic E-state index is 0.291. The van der Waals surface area contributed by atoms with E-state index in [2.05, 4.69) is 20.8 Å². The van der Waals surface area contributed by atoms with E-state index in [1.807, 2.05) is 37.3 Å². The van der Waals surface area contributed by atoms with Crippen LogP contribution in [0.15, 0.2) is 47.0 Å². The summed E-state index contributed by atoms with van der Waals surface area (Å²) in [4.78, 5) is 4.37. The van der Waals surface area contributed by atoms with Gasteiger partial charge in [0.25, 0.3) is 0 Å². The first-order valence-corrected chi connectivity index (χ1v) is 9.32. The fourth-order valence-electron chi connectivity index (χ4n) is 2.39. The van der Waals surface area contributed by atoms with Crippen molar-refractivity contribution in [2.45, 2.75) is 13.5 Å². The molecule has 1 aromatic heterocycles. The molecule has 7 nitrogen and oxygen atoms in total. The molecule has 0 amide bonds. The van der Waals surface area contributed by atoms with Crippen LogP contribution in [0.2, 0.25) is 5.02 Å². The first kappa shape index (κ1) is 19.9. The molecular formula is C19H19ClN4O3S. The highest BCUT2D eigenvalue weighted by Crippen LogP contribution is 2.27. The molecule has 0 saturated heterocycles. The Morgan fingerprint density at radius 1 is 1.21 bits per heavy atom. The summed E-state index contributed by atoms with van der Waals surface area (Å²) in [6.45, 7) is 2.85. The maximum Gasteiger partial charge on any atom is 0.246 e. The van der Waals surface area contributed by atoms with Gasteiger partial charge in [-0.1, -0.05) is 16.8 Å². The van der Waals surface area contributed by atoms with Gasteiger partial charge >= 0.3 is 0 Å². The maximum atomic E-state index is 6.10. The predicted molar refractivity (Wildman–Crippen MR) is 112 cm³/mol. The van der Waals surface area contributed by atoms with E-state index < -0.39 is 0 Å². The first-order valence-electron chi connectivity index (χ1n) is 8.53. The molecule has 0 bridgehead atoms. The van der Waals surface area contributed by atoms with E-state index in [9.17, 15) is 0 Å². The Balaban J connectivity index is 1.55. The van der Waals surface area contributed by atoms with Gasteiger partial charge in [0.15, 0.2) is 5.11 Å². The van der Waals surface area contributed by atoms with Gasteiger partial charge in [-0.25, -0.2) is 0 Å². The van der Waals surface area contributed by atoms with E-state index in [4.69, 9.17) is 37.8 Å². The largest absolute Gasteiger partial charge is 0.495 e. The van der Waals surface area contributed by atoms with Crippen molar-refractivity contribution in [1.29, 1.82) is 0 Å². The van der Waals surface area contributed by atoms with Gasteiger partial charge in [-0.3, -0.25) is 0 Å². The zero-order chi connectivity index (χ0) is 19.9. The molecule has 28 heavy (non-hydrogen) atoms. The van der Waals surface area contributed by atoms with E-state index >= 15 is 0 Å².